The van der Waals surface area contributed by atoms with Gasteiger partial charge in [-0.05, 0) is 31.2 Å². The molecule has 3 aromatic rings. The Balaban J connectivity index is 1.29. The average molecular weight is 474 g/mol. The van der Waals surface area contributed by atoms with Gasteiger partial charge in [-0.3, -0.25) is 4.79 Å². The smallest absolute Gasteiger partial charge is 0.267 e. The van der Waals surface area contributed by atoms with E-state index >= 15 is 0 Å². The van der Waals surface area contributed by atoms with Crippen LogP contribution in [0.2, 0.25) is 0 Å². The molecule has 2 aliphatic heterocycles. The highest BCUT2D eigenvalue weighted by Gasteiger charge is 2.38. The highest BCUT2D eigenvalue weighted by atomic mass is 32.2. The fourth-order valence-corrected chi connectivity index (χ4v) is 5.98. The number of hydrogen-bond donors (Lipinski definition) is 0. The molecule has 168 valence electrons. The maximum atomic E-state index is 13.1. The molecule has 2 aromatic carbocycles. The zero-order valence-corrected chi connectivity index (χ0v) is 19.4. The van der Waals surface area contributed by atoms with Crippen molar-refractivity contribution in [2.45, 2.75) is 24.0 Å². The van der Waals surface area contributed by atoms with Gasteiger partial charge in [0.05, 0.1) is 9.60 Å². The number of amides is 1. The van der Waals surface area contributed by atoms with Crippen LogP contribution in [0.15, 0.2) is 47.4 Å². The number of carbonyl (C=O) groups is 1. The number of carbonyl (C=O) groups excluding carboxylic acids is 1. The Hall–Kier alpha value is -2.85. The van der Waals surface area contributed by atoms with Gasteiger partial charge in [0, 0.05) is 32.4 Å². The highest BCUT2D eigenvalue weighted by molar-refractivity contribution is 7.91. The molecular weight excluding hydrogens is 450 g/mol. The maximum absolute atomic E-state index is 13.1. The maximum Gasteiger partial charge on any atom is 0.267 e. The number of anilines is 1. The van der Waals surface area contributed by atoms with Crippen LogP contribution in [0.25, 0.3) is 10.2 Å². The Kier molecular flexibility index (Phi) is 5.21. The number of sulfone groups is 1. The summed E-state index contributed by atoms with van der Waals surface area (Å²) in [5.74, 6) is 1.15. The molecule has 1 saturated heterocycles. The summed E-state index contributed by atoms with van der Waals surface area (Å²) in [6.07, 6.45) is 0.132. The van der Waals surface area contributed by atoms with E-state index in [0.717, 1.165) is 9.83 Å². The van der Waals surface area contributed by atoms with Crippen LogP contribution in [-0.4, -0.2) is 68.9 Å². The van der Waals surface area contributed by atoms with E-state index in [1.54, 1.807) is 23.1 Å². The van der Waals surface area contributed by atoms with Crippen molar-refractivity contribution >= 4 is 42.4 Å². The SMILES string of the molecule is C[C@@H]1Oc2ccccc2O[C@H]1C(=O)N1CCN(c2nc3c(S(C)(=O)=O)cccc3s2)CC1. The van der Waals surface area contributed by atoms with Crippen molar-refractivity contribution in [2.24, 2.45) is 0 Å². The quantitative estimate of drug-likeness (QED) is 0.578. The van der Waals surface area contributed by atoms with E-state index in [-0.39, 0.29) is 16.9 Å². The summed E-state index contributed by atoms with van der Waals surface area (Å²) in [5, 5.41) is 0.766. The van der Waals surface area contributed by atoms with Gasteiger partial charge in [0.1, 0.15) is 11.6 Å². The summed E-state index contributed by atoms with van der Waals surface area (Å²) >= 11 is 1.47. The fraction of sp³-hybridized carbons (Fsp3) is 0.364. The lowest BCUT2D eigenvalue weighted by Gasteiger charge is -2.38. The summed E-state index contributed by atoms with van der Waals surface area (Å²) in [4.78, 5) is 21.9. The zero-order valence-electron chi connectivity index (χ0n) is 17.7. The predicted octanol–water partition coefficient (Wildman–Crippen LogP) is 2.58. The lowest BCUT2D eigenvalue weighted by atomic mass is 10.1. The molecule has 10 heteroatoms. The lowest BCUT2D eigenvalue weighted by Crippen LogP contribution is -2.56. The molecule has 2 aliphatic rings. The van der Waals surface area contributed by atoms with Crippen LogP contribution < -0.4 is 14.4 Å². The van der Waals surface area contributed by atoms with Crippen LogP contribution in [0.4, 0.5) is 5.13 Å². The number of piperazine rings is 1. The summed E-state index contributed by atoms with van der Waals surface area (Å²) in [7, 11) is -3.36. The second-order valence-electron chi connectivity index (χ2n) is 7.99. The molecule has 0 saturated carbocycles. The van der Waals surface area contributed by atoms with Crippen molar-refractivity contribution in [1.29, 1.82) is 0 Å². The minimum atomic E-state index is -3.36. The first-order valence-corrected chi connectivity index (χ1v) is 13.1. The number of benzene rings is 2. The molecule has 2 atom stereocenters. The standard InChI is InChI=1S/C22H23N3O5S2/c1-14-20(30-16-7-4-3-6-15(16)29-14)21(26)24-10-12-25(13-11-24)22-23-19-17(31-22)8-5-9-18(19)32(2,27)28/h3-9,14,20H,10-13H2,1-2H3/t14-,20+/m0/s1. The Morgan fingerprint density at radius 1 is 1.03 bits per heavy atom. The van der Waals surface area contributed by atoms with Crippen molar-refractivity contribution < 1.29 is 22.7 Å². The number of aromatic nitrogens is 1. The van der Waals surface area contributed by atoms with Crippen molar-refractivity contribution in [2.75, 3.05) is 37.3 Å². The number of hydrogen-bond acceptors (Lipinski definition) is 8. The van der Waals surface area contributed by atoms with E-state index in [1.165, 1.54) is 17.6 Å². The van der Waals surface area contributed by atoms with E-state index in [1.807, 2.05) is 31.2 Å². The molecular formula is C22H23N3O5S2. The molecule has 0 bridgehead atoms. The summed E-state index contributed by atoms with van der Waals surface area (Å²) in [5.41, 5.74) is 0.508. The van der Waals surface area contributed by atoms with Crippen LogP contribution >= 0.6 is 11.3 Å². The molecule has 1 aromatic heterocycles. The largest absolute Gasteiger partial charge is 0.482 e. The van der Waals surface area contributed by atoms with Gasteiger partial charge in [0.2, 0.25) is 6.10 Å². The molecule has 0 N–H and O–H groups in total. The van der Waals surface area contributed by atoms with E-state index in [2.05, 4.69) is 9.88 Å². The molecule has 0 spiro atoms. The molecule has 0 unspecified atom stereocenters. The van der Waals surface area contributed by atoms with E-state index < -0.39 is 15.9 Å². The van der Waals surface area contributed by atoms with Crippen LogP contribution in [0.3, 0.4) is 0 Å². The van der Waals surface area contributed by atoms with E-state index in [9.17, 15) is 13.2 Å². The van der Waals surface area contributed by atoms with Gasteiger partial charge < -0.3 is 19.3 Å². The summed E-state index contributed by atoms with van der Waals surface area (Å²) in [6, 6.07) is 12.6. The van der Waals surface area contributed by atoms with E-state index in [4.69, 9.17) is 9.47 Å². The first-order chi connectivity index (χ1) is 15.3. The summed E-state index contributed by atoms with van der Waals surface area (Å²) in [6.45, 7) is 4.12. The first-order valence-electron chi connectivity index (χ1n) is 10.4. The van der Waals surface area contributed by atoms with Gasteiger partial charge in [0.25, 0.3) is 5.91 Å². The zero-order chi connectivity index (χ0) is 22.5. The van der Waals surface area contributed by atoms with Crippen LogP contribution in [0, 0.1) is 0 Å². The molecule has 0 aliphatic carbocycles. The third kappa shape index (κ3) is 3.77. The Morgan fingerprint density at radius 3 is 2.41 bits per heavy atom. The second-order valence-corrected chi connectivity index (χ2v) is 11.0. The van der Waals surface area contributed by atoms with Crippen molar-refractivity contribution in [3.05, 3.63) is 42.5 Å². The number of nitrogens with zero attached hydrogens (tertiary/aromatic N) is 3. The molecule has 1 amide bonds. The van der Waals surface area contributed by atoms with Gasteiger partial charge in [0.15, 0.2) is 26.5 Å². The molecule has 3 heterocycles. The first kappa shape index (κ1) is 21.0. The molecule has 32 heavy (non-hydrogen) atoms. The van der Waals surface area contributed by atoms with Crippen LogP contribution in [0.5, 0.6) is 11.5 Å². The average Bonchev–Trinajstić information content (AvgIpc) is 3.22. The van der Waals surface area contributed by atoms with Crippen molar-refractivity contribution in [1.82, 2.24) is 9.88 Å². The normalized spacial score (nSPS) is 21.1. The minimum Gasteiger partial charge on any atom is -0.482 e. The topological polar surface area (TPSA) is 89.0 Å². The fourth-order valence-electron chi connectivity index (χ4n) is 4.03. The minimum absolute atomic E-state index is 0.0877. The molecule has 5 rings (SSSR count). The highest BCUT2D eigenvalue weighted by Crippen LogP contribution is 2.35. The number of rotatable bonds is 3. The van der Waals surface area contributed by atoms with Gasteiger partial charge in [-0.25, -0.2) is 13.4 Å². The van der Waals surface area contributed by atoms with E-state index in [0.29, 0.717) is 43.2 Å². The third-order valence-corrected chi connectivity index (χ3v) is 7.93. The number of para-hydroxylation sites is 3. The van der Waals surface area contributed by atoms with Gasteiger partial charge in [-0.2, -0.15) is 0 Å². The van der Waals surface area contributed by atoms with Crippen molar-refractivity contribution in [3.8, 4) is 11.5 Å². The molecule has 0 radical (unpaired) electrons. The number of ether oxygens (including phenoxy) is 2. The molecule has 1 fully saturated rings. The van der Waals surface area contributed by atoms with Crippen molar-refractivity contribution in [3.63, 3.8) is 0 Å². The monoisotopic (exact) mass is 473 g/mol. The Morgan fingerprint density at radius 2 is 1.72 bits per heavy atom. The second kappa shape index (κ2) is 7.93. The molecule has 8 nitrogen and oxygen atoms in total. The van der Waals surface area contributed by atoms with Gasteiger partial charge in [-0.1, -0.05) is 29.5 Å². The number of fused-ring (bicyclic) bond motifs is 2. The van der Waals surface area contributed by atoms with Crippen LogP contribution in [0.1, 0.15) is 6.92 Å². The van der Waals surface area contributed by atoms with Gasteiger partial charge in [-0.15, -0.1) is 0 Å². The van der Waals surface area contributed by atoms with Gasteiger partial charge >= 0.3 is 0 Å². The lowest BCUT2D eigenvalue weighted by molar-refractivity contribution is -0.144. The number of thiazole rings is 1. The van der Waals surface area contributed by atoms with Crippen LogP contribution in [-0.2, 0) is 14.6 Å². The third-order valence-electron chi connectivity index (χ3n) is 5.72. The Bertz CT molecular complexity index is 1280. The predicted molar refractivity (Wildman–Crippen MR) is 122 cm³/mol. The Labute approximate surface area is 190 Å². The summed E-state index contributed by atoms with van der Waals surface area (Å²) < 4.78 is 36.9.